The molecule has 0 bridgehead atoms. The minimum atomic E-state index is -0.603. The van der Waals surface area contributed by atoms with Gasteiger partial charge in [-0.2, -0.15) is 0 Å². The normalized spacial score (nSPS) is 14.7. The van der Waals surface area contributed by atoms with Gasteiger partial charge in [0.1, 0.15) is 6.04 Å². The van der Waals surface area contributed by atoms with Crippen LogP contribution in [0.1, 0.15) is 41.8 Å². The van der Waals surface area contributed by atoms with Gasteiger partial charge in [0.25, 0.3) is 5.91 Å². The van der Waals surface area contributed by atoms with Gasteiger partial charge in [0.2, 0.25) is 0 Å². The van der Waals surface area contributed by atoms with Crippen LogP contribution >= 0.6 is 0 Å². The first kappa shape index (κ1) is 15.5. The molecule has 0 fully saturated rings. The third-order valence-electron chi connectivity index (χ3n) is 3.60. The van der Waals surface area contributed by atoms with Crippen molar-refractivity contribution >= 4 is 11.9 Å². The van der Waals surface area contributed by atoms with E-state index in [1.807, 2.05) is 26.0 Å². The SMILES string of the molecule is COC(=O)[C@H](CC(C)C)NC(=O)c1ccc2c(c1)CNC2. The van der Waals surface area contributed by atoms with E-state index in [0.717, 1.165) is 18.7 Å². The molecule has 5 heteroatoms. The summed E-state index contributed by atoms with van der Waals surface area (Å²) < 4.78 is 4.76. The monoisotopic (exact) mass is 290 g/mol. The largest absolute Gasteiger partial charge is 0.467 e. The molecule has 114 valence electrons. The van der Waals surface area contributed by atoms with Crippen LogP contribution < -0.4 is 10.6 Å². The Morgan fingerprint density at radius 2 is 2.00 bits per heavy atom. The number of rotatable bonds is 5. The predicted octanol–water partition coefficient (Wildman–Crippen LogP) is 1.61. The van der Waals surface area contributed by atoms with E-state index in [-0.39, 0.29) is 5.91 Å². The number of nitrogens with one attached hydrogen (secondary N) is 2. The zero-order valence-electron chi connectivity index (χ0n) is 12.7. The van der Waals surface area contributed by atoms with E-state index >= 15 is 0 Å². The van der Waals surface area contributed by atoms with Crippen molar-refractivity contribution in [3.8, 4) is 0 Å². The molecule has 0 spiro atoms. The fraction of sp³-hybridized carbons (Fsp3) is 0.500. The fourth-order valence-electron chi connectivity index (χ4n) is 2.51. The molecule has 2 rings (SSSR count). The highest BCUT2D eigenvalue weighted by Gasteiger charge is 2.23. The van der Waals surface area contributed by atoms with Gasteiger partial charge < -0.3 is 15.4 Å². The number of methoxy groups -OCH3 is 1. The first-order chi connectivity index (χ1) is 10.0. The number of esters is 1. The third kappa shape index (κ3) is 3.82. The lowest BCUT2D eigenvalue weighted by Crippen LogP contribution is -2.42. The van der Waals surface area contributed by atoms with E-state index < -0.39 is 12.0 Å². The molecule has 1 aromatic carbocycles. The van der Waals surface area contributed by atoms with Crippen LogP contribution in [0.2, 0.25) is 0 Å². The first-order valence-electron chi connectivity index (χ1n) is 7.22. The molecule has 1 atom stereocenters. The van der Waals surface area contributed by atoms with E-state index in [4.69, 9.17) is 4.74 Å². The molecule has 0 saturated carbocycles. The van der Waals surface area contributed by atoms with Crippen molar-refractivity contribution in [3.05, 3.63) is 34.9 Å². The van der Waals surface area contributed by atoms with Crippen LogP contribution in [0.25, 0.3) is 0 Å². The fourth-order valence-corrected chi connectivity index (χ4v) is 2.51. The van der Waals surface area contributed by atoms with Gasteiger partial charge in [-0.3, -0.25) is 4.79 Å². The minimum absolute atomic E-state index is 0.235. The molecule has 2 N–H and O–H groups in total. The maximum atomic E-state index is 12.3. The lowest BCUT2D eigenvalue weighted by atomic mass is 10.0. The Morgan fingerprint density at radius 1 is 1.29 bits per heavy atom. The van der Waals surface area contributed by atoms with Crippen LogP contribution in [-0.4, -0.2) is 25.0 Å². The van der Waals surface area contributed by atoms with E-state index in [1.54, 1.807) is 6.07 Å². The molecule has 1 aliphatic rings. The molecular weight excluding hydrogens is 268 g/mol. The summed E-state index contributed by atoms with van der Waals surface area (Å²) in [6.07, 6.45) is 0.560. The zero-order chi connectivity index (χ0) is 15.4. The van der Waals surface area contributed by atoms with Crippen LogP contribution in [0.15, 0.2) is 18.2 Å². The Bertz CT molecular complexity index is 540. The van der Waals surface area contributed by atoms with Gasteiger partial charge in [-0.15, -0.1) is 0 Å². The van der Waals surface area contributed by atoms with Crippen molar-refractivity contribution < 1.29 is 14.3 Å². The third-order valence-corrected chi connectivity index (χ3v) is 3.60. The van der Waals surface area contributed by atoms with Crippen LogP contribution in [0.3, 0.4) is 0 Å². The van der Waals surface area contributed by atoms with E-state index in [0.29, 0.717) is 17.9 Å². The molecule has 0 aliphatic carbocycles. The number of fused-ring (bicyclic) bond motifs is 1. The van der Waals surface area contributed by atoms with Gasteiger partial charge in [0.15, 0.2) is 0 Å². The van der Waals surface area contributed by atoms with Gasteiger partial charge in [-0.1, -0.05) is 19.9 Å². The number of hydrogen-bond donors (Lipinski definition) is 2. The summed E-state index contributed by atoms with van der Waals surface area (Å²) in [7, 11) is 1.34. The van der Waals surface area contributed by atoms with Gasteiger partial charge in [-0.25, -0.2) is 4.79 Å². The number of hydrogen-bond acceptors (Lipinski definition) is 4. The van der Waals surface area contributed by atoms with Crippen molar-refractivity contribution in [2.24, 2.45) is 5.92 Å². The Labute approximate surface area is 125 Å². The van der Waals surface area contributed by atoms with Crippen LogP contribution in [0, 0.1) is 5.92 Å². The number of carbonyl (C=O) groups is 2. The van der Waals surface area contributed by atoms with Crippen molar-refractivity contribution in [1.82, 2.24) is 10.6 Å². The Hall–Kier alpha value is -1.88. The maximum Gasteiger partial charge on any atom is 0.328 e. The Balaban J connectivity index is 2.09. The average Bonchev–Trinajstić information content (AvgIpc) is 2.92. The van der Waals surface area contributed by atoms with Crippen LogP contribution in [-0.2, 0) is 22.6 Å². The molecule has 0 radical (unpaired) electrons. The second kappa shape index (κ2) is 6.72. The number of carbonyl (C=O) groups excluding carboxylic acids is 2. The average molecular weight is 290 g/mol. The second-order valence-electron chi connectivity index (χ2n) is 5.77. The zero-order valence-corrected chi connectivity index (χ0v) is 12.7. The summed E-state index contributed by atoms with van der Waals surface area (Å²) in [5.74, 6) is -0.348. The lowest BCUT2D eigenvalue weighted by Gasteiger charge is -2.18. The highest BCUT2D eigenvalue weighted by Crippen LogP contribution is 2.17. The smallest absolute Gasteiger partial charge is 0.328 e. The van der Waals surface area contributed by atoms with Crippen molar-refractivity contribution in [3.63, 3.8) is 0 Å². The van der Waals surface area contributed by atoms with E-state index in [2.05, 4.69) is 10.6 Å². The van der Waals surface area contributed by atoms with E-state index in [1.165, 1.54) is 12.7 Å². The molecule has 1 aliphatic heterocycles. The predicted molar refractivity (Wildman–Crippen MR) is 79.7 cm³/mol. The molecule has 21 heavy (non-hydrogen) atoms. The van der Waals surface area contributed by atoms with Crippen molar-refractivity contribution in [2.75, 3.05) is 7.11 Å². The topological polar surface area (TPSA) is 67.4 Å². The molecule has 0 unspecified atom stereocenters. The van der Waals surface area contributed by atoms with Gasteiger partial charge in [-0.05, 0) is 35.6 Å². The summed E-state index contributed by atoms with van der Waals surface area (Å²) in [4.78, 5) is 24.1. The van der Waals surface area contributed by atoms with Gasteiger partial charge >= 0.3 is 5.97 Å². The van der Waals surface area contributed by atoms with Gasteiger partial charge in [0, 0.05) is 18.7 Å². The molecule has 5 nitrogen and oxygen atoms in total. The summed E-state index contributed by atoms with van der Waals surface area (Å²) in [6, 6.07) is 5.04. The van der Waals surface area contributed by atoms with E-state index in [9.17, 15) is 9.59 Å². The minimum Gasteiger partial charge on any atom is -0.467 e. The first-order valence-corrected chi connectivity index (χ1v) is 7.22. The molecule has 1 heterocycles. The quantitative estimate of drug-likeness (QED) is 0.808. The summed E-state index contributed by atoms with van der Waals surface area (Å²) >= 11 is 0. The summed E-state index contributed by atoms with van der Waals surface area (Å²) in [6.45, 7) is 5.63. The summed E-state index contributed by atoms with van der Waals surface area (Å²) in [5.41, 5.74) is 2.94. The number of amides is 1. The molecule has 0 saturated heterocycles. The van der Waals surface area contributed by atoms with Crippen LogP contribution in [0.4, 0.5) is 0 Å². The molecule has 0 aromatic heterocycles. The van der Waals surface area contributed by atoms with Crippen molar-refractivity contribution in [2.45, 2.75) is 39.4 Å². The molecule has 1 amide bonds. The highest BCUT2D eigenvalue weighted by atomic mass is 16.5. The second-order valence-corrected chi connectivity index (χ2v) is 5.77. The Kier molecular flexibility index (Phi) is 4.96. The summed E-state index contributed by atoms with van der Waals surface area (Å²) in [5, 5.41) is 6.01. The highest BCUT2D eigenvalue weighted by molar-refractivity contribution is 5.97. The van der Waals surface area contributed by atoms with Gasteiger partial charge in [0.05, 0.1) is 7.11 Å². The molecule has 1 aromatic rings. The Morgan fingerprint density at radius 3 is 2.67 bits per heavy atom. The van der Waals surface area contributed by atoms with Crippen LogP contribution in [0.5, 0.6) is 0 Å². The maximum absolute atomic E-state index is 12.3. The number of ether oxygens (including phenoxy) is 1. The van der Waals surface area contributed by atoms with Crippen molar-refractivity contribution in [1.29, 1.82) is 0 Å². The number of benzene rings is 1. The standard InChI is InChI=1S/C16H22N2O3/c1-10(2)6-14(16(20)21-3)18-15(19)11-4-5-12-8-17-9-13(12)7-11/h4-5,7,10,14,17H,6,8-9H2,1-3H3,(H,18,19)/t14-/m0/s1. The molecular formula is C16H22N2O3. The lowest BCUT2D eigenvalue weighted by molar-refractivity contribution is -0.143.